The molecule has 0 bridgehead atoms. The molecule has 0 unspecified atom stereocenters. The highest BCUT2D eigenvalue weighted by Gasteiger charge is 2.57. The van der Waals surface area contributed by atoms with Crippen LogP contribution in [-0.4, -0.2) is 45.3 Å². The highest BCUT2D eigenvalue weighted by atomic mass is 16.6. The number of pyridine rings is 1. The normalized spacial score (nSPS) is 25.4. The van der Waals surface area contributed by atoms with Crippen LogP contribution in [0.4, 0.5) is 5.69 Å². The highest BCUT2D eigenvalue weighted by Crippen LogP contribution is 2.48. The summed E-state index contributed by atoms with van der Waals surface area (Å²) in [6, 6.07) is 16.9. The molecule has 0 saturated carbocycles. The van der Waals surface area contributed by atoms with Crippen molar-refractivity contribution in [2.24, 2.45) is 0 Å². The minimum Gasteiger partial charge on any atom is -0.370 e. The molecule has 6 heteroatoms. The number of nitrogens with zero attached hydrogens (tertiary/aromatic N) is 4. The van der Waals surface area contributed by atoms with E-state index in [9.17, 15) is 4.79 Å². The van der Waals surface area contributed by atoms with E-state index < -0.39 is 5.60 Å². The van der Waals surface area contributed by atoms with E-state index in [2.05, 4.69) is 59.4 Å². The van der Waals surface area contributed by atoms with Gasteiger partial charge in [0.25, 0.3) is 5.91 Å². The second kappa shape index (κ2) is 6.57. The van der Waals surface area contributed by atoms with Gasteiger partial charge in [0.1, 0.15) is 6.23 Å². The zero-order valence-corrected chi connectivity index (χ0v) is 17.2. The summed E-state index contributed by atoms with van der Waals surface area (Å²) in [5.74, 6) is 0.192. The van der Waals surface area contributed by atoms with E-state index in [1.807, 2.05) is 21.7 Å². The minimum atomic E-state index is -0.657. The smallest absolute Gasteiger partial charge is 0.257 e. The van der Waals surface area contributed by atoms with Crippen molar-refractivity contribution in [3.8, 4) is 0 Å². The van der Waals surface area contributed by atoms with E-state index in [1.165, 1.54) is 11.3 Å². The standard InChI is InChI=1S/C24H26N4O2/c1-17-7-8-20(21-11-14-25-28(17)21)26-15-12-24(13-16-26)23(29)27-19(9-10-22(27)30-24)18-5-3-2-4-6-18/h2-8,11,14,19,22H,9-10,12-13,15-16H2,1H3/t19-,22+/m0/s1. The van der Waals surface area contributed by atoms with E-state index in [-0.39, 0.29) is 18.2 Å². The molecule has 154 valence electrons. The van der Waals surface area contributed by atoms with Gasteiger partial charge >= 0.3 is 0 Å². The lowest BCUT2D eigenvalue weighted by molar-refractivity contribution is -0.140. The number of amides is 1. The second-order valence-electron chi connectivity index (χ2n) is 8.76. The fraction of sp³-hybridized carbons (Fsp3) is 0.417. The predicted molar refractivity (Wildman–Crippen MR) is 114 cm³/mol. The molecule has 3 fully saturated rings. The van der Waals surface area contributed by atoms with Crippen LogP contribution in [0.25, 0.3) is 5.52 Å². The molecule has 0 radical (unpaired) electrons. The number of aromatic nitrogens is 2. The van der Waals surface area contributed by atoms with Gasteiger partial charge < -0.3 is 14.5 Å². The fourth-order valence-electron chi connectivity index (χ4n) is 5.56. The molecule has 0 N–H and O–H groups in total. The van der Waals surface area contributed by atoms with Gasteiger partial charge in [-0.3, -0.25) is 4.79 Å². The molecule has 2 aromatic heterocycles. The summed E-state index contributed by atoms with van der Waals surface area (Å²) in [6.07, 6.45) is 5.13. The molecule has 3 aliphatic rings. The number of anilines is 1. The lowest BCUT2D eigenvalue weighted by Gasteiger charge is -2.39. The number of carbonyl (C=O) groups excluding carboxylic acids is 1. The van der Waals surface area contributed by atoms with E-state index in [0.29, 0.717) is 0 Å². The minimum absolute atomic E-state index is 0.0739. The largest absolute Gasteiger partial charge is 0.370 e. The first kappa shape index (κ1) is 18.0. The number of rotatable bonds is 2. The molecule has 1 aromatic carbocycles. The zero-order valence-electron chi connectivity index (χ0n) is 17.2. The van der Waals surface area contributed by atoms with Crippen LogP contribution in [0.15, 0.2) is 54.7 Å². The average Bonchev–Trinajstić information content (AvgIpc) is 3.48. The van der Waals surface area contributed by atoms with Crippen LogP contribution in [0.2, 0.25) is 0 Å². The number of ether oxygens (including phenoxy) is 1. The lowest BCUT2D eigenvalue weighted by atomic mass is 9.89. The summed E-state index contributed by atoms with van der Waals surface area (Å²) >= 11 is 0. The fourth-order valence-corrected chi connectivity index (χ4v) is 5.56. The van der Waals surface area contributed by atoms with Gasteiger partial charge in [-0.15, -0.1) is 0 Å². The van der Waals surface area contributed by atoms with Gasteiger partial charge in [-0.05, 0) is 43.5 Å². The Kier molecular flexibility index (Phi) is 3.93. The first-order valence-electron chi connectivity index (χ1n) is 10.9. The molecule has 5 heterocycles. The van der Waals surface area contributed by atoms with Crippen molar-refractivity contribution in [2.45, 2.75) is 50.5 Å². The SMILES string of the molecule is Cc1ccc(N2CCC3(CC2)O[C@@H]2CC[C@@H](c4ccccc4)N2C3=O)c2ccnn12. The maximum atomic E-state index is 13.6. The third kappa shape index (κ3) is 2.53. The Labute approximate surface area is 176 Å². The topological polar surface area (TPSA) is 50.1 Å². The Morgan fingerprint density at radius 3 is 2.63 bits per heavy atom. The molecular weight excluding hydrogens is 376 g/mol. The molecule has 1 amide bonds. The first-order valence-corrected chi connectivity index (χ1v) is 10.9. The summed E-state index contributed by atoms with van der Waals surface area (Å²) < 4.78 is 8.47. The quantitative estimate of drug-likeness (QED) is 0.656. The van der Waals surface area contributed by atoms with Gasteiger partial charge in [0.05, 0.1) is 23.4 Å². The molecule has 2 atom stereocenters. The average molecular weight is 402 g/mol. The summed E-state index contributed by atoms with van der Waals surface area (Å²) in [5.41, 5.74) is 3.98. The maximum absolute atomic E-state index is 13.6. The Morgan fingerprint density at radius 1 is 1.03 bits per heavy atom. The number of carbonyl (C=O) groups is 1. The second-order valence-corrected chi connectivity index (χ2v) is 8.76. The molecule has 6 nitrogen and oxygen atoms in total. The van der Waals surface area contributed by atoms with Crippen molar-refractivity contribution in [3.05, 3.63) is 66.0 Å². The van der Waals surface area contributed by atoms with E-state index in [4.69, 9.17) is 4.74 Å². The van der Waals surface area contributed by atoms with Crippen LogP contribution in [0.1, 0.15) is 43.0 Å². The molecule has 3 aromatic rings. The molecular formula is C24H26N4O2. The van der Waals surface area contributed by atoms with Crippen LogP contribution < -0.4 is 4.90 Å². The van der Waals surface area contributed by atoms with Crippen LogP contribution >= 0.6 is 0 Å². The zero-order chi connectivity index (χ0) is 20.3. The number of aryl methyl sites for hydroxylation is 1. The third-order valence-electron chi connectivity index (χ3n) is 7.14. The van der Waals surface area contributed by atoms with Gasteiger partial charge in [-0.2, -0.15) is 5.10 Å². The third-order valence-corrected chi connectivity index (χ3v) is 7.14. The number of hydrogen-bond donors (Lipinski definition) is 0. The monoisotopic (exact) mass is 402 g/mol. The van der Waals surface area contributed by atoms with Crippen molar-refractivity contribution >= 4 is 17.1 Å². The molecule has 0 aliphatic carbocycles. The van der Waals surface area contributed by atoms with Gasteiger partial charge in [0, 0.05) is 31.6 Å². The summed E-state index contributed by atoms with van der Waals surface area (Å²) in [7, 11) is 0. The number of hydrogen-bond acceptors (Lipinski definition) is 4. The van der Waals surface area contributed by atoms with Gasteiger partial charge in [-0.25, -0.2) is 4.52 Å². The first-order chi connectivity index (χ1) is 14.7. The van der Waals surface area contributed by atoms with Crippen LogP contribution in [0.5, 0.6) is 0 Å². The predicted octanol–water partition coefficient (Wildman–Crippen LogP) is 3.70. The maximum Gasteiger partial charge on any atom is 0.257 e. The molecule has 30 heavy (non-hydrogen) atoms. The number of piperidine rings is 1. The Hall–Kier alpha value is -2.86. The lowest BCUT2D eigenvalue weighted by Crippen LogP contribution is -2.50. The van der Waals surface area contributed by atoms with Crippen molar-refractivity contribution in [2.75, 3.05) is 18.0 Å². The van der Waals surface area contributed by atoms with E-state index in [1.54, 1.807) is 0 Å². The highest BCUT2D eigenvalue weighted by molar-refractivity contribution is 5.88. The van der Waals surface area contributed by atoms with Crippen molar-refractivity contribution in [3.63, 3.8) is 0 Å². The Balaban J connectivity index is 1.23. The van der Waals surface area contributed by atoms with Crippen LogP contribution in [-0.2, 0) is 9.53 Å². The number of fused-ring (bicyclic) bond motifs is 2. The van der Waals surface area contributed by atoms with E-state index >= 15 is 0 Å². The summed E-state index contributed by atoms with van der Waals surface area (Å²) in [5, 5.41) is 4.44. The van der Waals surface area contributed by atoms with Crippen molar-refractivity contribution < 1.29 is 9.53 Å². The van der Waals surface area contributed by atoms with E-state index in [0.717, 1.165) is 50.0 Å². The van der Waals surface area contributed by atoms with Crippen LogP contribution in [0.3, 0.4) is 0 Å². The van der Waals surface area contributed by atoms with Gasteiger partial charge in [0.2, 0.25) is 0 Å². The molecule has 6 rings (SSSR count). The van der Waals surface area contributed by atoms with Gasteiger partial charge in [0.15, 0.2) is 5.60 Å². The van der Waals surface area contributed by atoms with Crippen molar-refractivity contribution in [1.29, 1.82) is 0 Å². The molecule has 3 saturated heterocycles. The van der Waals surface area contributed by atoms with Crippen molar-refractivity contribution in [1.82, 2.24) is 14.5 Å². The van der Waals surface area contributed by atoms with Crippen LogP contribution in [0, 0.1) is 6.92 Å². The number of benzene rings is 1. The Morgan fingerprint density at radius 2 is 1.83 bits per heavy atom. The summed E-state index contributed by atoms with van der Waals surface area (Å²) in [6.45, 7) is 3.69. The molecule has 1 spiro atoms. The summed E-state index contributed by atoms with van der Waals surface area (Å²) in [4.78, 5) is 18.0. The molecule has 3 aliphatic heterocycles. The van der Waals surface area contributed by atoms with Gasteiger partial charge in [-0.1, -0.05) is 30.3 Å². The Bertz CT molecular complexity index is 1100.